The monoisotopic (exact) mass is 248 g/mol. The van der Waals surface area contributed by atoms with Crippen LogP contribution in [0.2, 0.25) is 0 Å². The largest absolute Gasteiger partial charge is 0.353 e. The maximum atomic E-state index is 11.5. The molecule has 0 radical (unpaired) electrons. The van der Waals surface area contributed by atoms with E-state index in [0.29, 0.717) is 12.2 Å². The lowest BCUT2D eigenvalue weighted by Crippen LogP contribution is -2.37. The van der Waals surface area contributed by atoms with Gasteiger partial charge in [0.25, 0.3) is 0 Å². The van der Waals surface area contributed by atoms with Gasteiger partial charge in [0.2, 0.25) is 5.91 Å². The number of nitrogens with two attached hydrogens (primary N) is 1. The molecule has 0 saturated heterocycles. The molecular weight excluding hydrogens is 224 g/mol. The molecule has 0 saturated carbocycles. The van der Waals surface area contributed by atoms with Crippen molar-refractivity contribution in [2.75, 3.05) is 11.5 Å². The van der Waals surface area contributed by atoms with Gasteiger partial charge >= 0.3 is 0 Å². The molecule has 0 aromatic carbocycles. The third-order valence-electron chi connectivity index (χ3n) is 2.44. The van der Waals surface area contributed by atoms with Gasteiger partial charge in [-0.3, -0.25) is 9.00 Å². The fraction of sp³-hybridized carbons (Fsp3) is 0.909. The smallest absolute Gasteiger partial charge is 0.232 e. The Labute approximate surface area is 101 Å². The second-order valence-electron chi connectivity index (χ2n) is 4.14. The number of hydrogen-bond acceptors (Lipinski definition) is 3. The SMILES string of the molecule is CCC(CC)NC(=O)CS(=O)CCC(C)N. The molecule has 3 N–H and O–H groups in total. The Kier molecular flexibility index (Phi) is 8.47. The molecule has 1 amide bonds. The van der Waals surface area contributed by atoms with Crippen LogP contribution in [-0.2, 0) is 15.6 Å². The van der Waals surface area contributed by atoms with E-state index in [1.165, 1.54) is 0 Å². The quantitative estimate of drug-likeness (QED) is 0.666. The van der Waals surface area contributed by atoms with Crippen molar-refractivity contribution in [1.29, 1.82) is 0 Å². The maximum absolute atomic E-state index is 11.5. The molecule has 0 spiro atoms. The van der Waals surface area contributed by atoms with E-state index in [4.69, 9.17) is 5.73 Å². The Morgan fingerprint density at radius 1 is 1.38 bits per heavy atom. The highest BCUT2D eigenvalue weighted by molar-refractivity contribution is 7.85. The molecule has 2 unspecified atom stereocenters. The third kappa shape index (κ3) is 7.82. The normalized spacial score (nSPS) is 14.8. The van der Waals surface area contributed by atoms with Gasteiger partial charge in [-0.05, 0) is 26.2 Å². The summed E-state index contributed by atoms with van der Waals surface area (Å²) < 4.78 is 11.5. The van der Waals surface area contributed by atoms with E-state index in [1.54, 1.807) is 0 Å². The first kappa shape index (κ1) is 15.6. The molecule has 5 heteroatoms. The number of amides is 1. The molecular formula is C11H24N2O2S. The molecule has 0 bridgehead atoms. The molecule has 0 aliphatic rings. The van der Waals surface area contributed by atoms with Crippen LogP contribution in [0.15, 0.2) is 0 Å². The highest BCUT2D eigenvalue weighted by atomic mass is 32.2. The summed E-state index contributed by atoms with van der Waals surface area (Å²) in [6.07, 6.45) is 2.52. The molecule has 0 heterocycles. The minimum Gasteiger partial charge on any atom is -0.353 e. The first-order valence-electron chi connectivity index (χ1n) is 5.89. The zero-order valence-electron chi connectivity index (χ0n) is 10.5. The predicted molar refractivity (Wildman–Crippen MR) is 68.7 cm³/mol. The van der Waals surface area contributed by atoms with Gasteiger partial charge in [-0.15, -0.1) is 0 Å². The average Bonchev–Trinajstić information content (AvgIpc) is 2.23. The van der Waals surface area contributed by atoms with Crippen LogP contribution in [0.25, 0.3) is 0 Å². The minimum atomic E-state index is -1.08. The summed E-state index contributed by atoms with van der Waals surface area (Å²) in [4.78, 5) is 11.5. The van der Waals surface area contributed by atoms with Crippen LogP contribution in [0.1, 0.15) is 40.0 Å². The summed E-state index contributed by atoms with van der Waals surface area (Å²) in [7, 11) is -1.08. The van der Waals surface area contributed by atoms with Crippen molar-refractivity contribution in [3.05, 3.63) is 0 Å². The molecule has 0 rings (SSSR count). The van der Waals surface area contributed by atoms with Gasteiger partial charge in [0.1, 0.15) is 5.75 Å². The van der Waals surface area contributed by atoms with Crippen molar-refractivity contribution in [3.63, 3.8) is 0 Å². The lowest BCUT2D eigenvalue weighted by Gasteiger charge is -2.14. The van der Waals surface area contributed by atoms with Crippen molar-refractivity contribution in [2.45, 2.75) is 52.1 Å². The maximum Gasteiger partial charge on any atom is 0.232 e. The standard InChI is InChI=1S/C11H24N2O2S/c1-4-10(5-2)13-11(14)8-16(15)7-6-9(3)12/h9-10H,4-8,12H2,1-3H3,(H,13,14). The van der Waals surface area contributed by atoms with E-state index in [-0.39, 0.29) is 23.7 Å². The van der Waals surface area contributed by atoms with E-state index in [1.807, 2.05) is 20.8 Å². The molecule has 0 aliphatic heterocycles. The Balaban J connectivity index is 3.82. The molecule has 0 aromatic heterocycles. The van der Waals surface area contributed by atoms with Crippen molar-refractivity contribution < 1.29 is 9.00 Å². The molecule has 4 nitrogen and oxygen atoms in total. The van der Waals surface area contributed by atoms with Crippen LogP contribution in [0.3, 0.4) is 0 Å². The number of hydrogen-bond donors (Lipinski definition) is 2. The Morgan fingerprint density at radius 2 is 1.94 bits per heavy atom. The Morgan fingerprint density at radius 3 is 2.38 bits per heavy atom. The summed E-state index contributed by atoms with van der Waals surface area (Å²) >= 11 is 0. The predicted octanol–water partition coefficient (Wildman–Crippen LogP) is 0.777. The first-order chi connectivity index (χ1) is 7.49. The summed E-state index contributed by atoms with van der Waals surface area (Å²) in [5, 5.41) is 2.87. The Bertz CT molecular complexity index is 228. The lowest BCUT2D eigenvalue weighted by molar-refractivity contribution is -0.119. The van der Waals surface area contributed by atoms with Crippen LogP contribution in [-0.4, -0.2) is 33.7 Å². The molecule has 96 valence electrons. The second kappa shape index (κ2) is 8.70. The van der Waals surface area contributed by atoms with Crippen LogP contribution in [0.5, 0.6) is 0 Å². The fourth-order valence-corrected chi connectivity index (χ4v) is 2.45. The van der Waals surface area contributed by atoms with Gasteiger partial charge in [-0.2, -0.15) is 0 Å². The van der Waals surface area contributed by atoms with E-state index in [9.17, 15) is 9.00 Å². The summed E-state index contributed by atoms with van der Waals surface area (Å²) in [5.74, 6) is 0.494. The number of carbonyl (C=O) groups is 1. The highest BCUT2D eigenvalue weighted by Gasteiger charge is 2.11. The second-order valence-corrected chi connectivity index (χ2v) is 5.71. The fourth-order valence-electron chi connectivity index (χ4n) is 1.30. The zero-order chi connectivity index (χ0) is 12.6. The van der Waals surface area contributed by atoms with Crippen LogP contribution in [0.4, 0.5) is 0 Å². The minimum absolute atomic E-state index is 0.0473. The molecule has 0 aromatic rings. The van der Waals surface area contributed by atoms with Gasteiger partial charge in [0.15, 0.2) is 0 Å². The van der Waals surface area contributed by atoms with Crippen molar-refractivity contribution >= 4 is 16.7 Å². The molecule has 0 aliphatic carbocycles. The van der Waals surface area contributed by atoms with Gasteiger partial charge < -0.3 is 11.1 Å². The summed E-state index contributed by atoms with van der Waals surface area (Å²) in [6.45, 7) is 5.94. The zero-order valence-corrected chi connectivity index (χ0v) is 11.3. The Hall–Kier alpha value is -0.420. The van der Waals surface area contributed by atoms with Crippen LogP contribution < -0.4 is 11.1 Å². The lowest BCUT2D eigenvalue weighted by atomic mass is 10.2. The van der Waals surface area contributed by atoms with Gasteiger partial charge in [-0.25, -0.2) is 0 Å². The van der Waals surface area contributed by atoms with Gasteiger partial charge in [-0.1, -0.05) is 13.8 Å². The number of carbonyl (C=O) groups excluding carboxylic acids is 1. The van der Waals surface area contributed by atoms with Crippen molar-refractivity contribution in [1.82, 2.24) is 5.32 Å². The van der Waals surface area contributed by atoms with E-state index < -0.39 is 10.8 Å². The summed E-state index contributed by atoms with van der Waals surface area (Å²) in [6, 6.07) is 0.254. The molecule has 2 atom stereocenters. The van der Waals surface area contributed by atoms with Crippen molar-refractivity contribution in [2.24, 2.45) is 5.73 Å². The first-order valence-corrected chi connectivity index (χ1v) is 7.38. The third-order valence-corrected chi connectivity index (χ3v) is 3.72. The highest BCUT2D eigenvalue weighted by Crippen LogP contribution is 1.97. The number of nitrogens with one attached hydrogen (secondary N) is 1. The van der Waals surface area contributed by atoms with Gasteiger partial charge in [0.05, 0.1) is 0 Å². The molecule has 16 heavy (non-hydrogen) atoms. The van der Waals surface area contributed by atoms with Crippen molar-refractivity contribution in [3.8, 4) is 0 Å². The van der Waals surface area contributed by atoms with Gasteiger partial charge in [0, 0.05) is 28.6 Å². The summed E-state index contributed by atoms with van der Waals surface area (Å²) in [5.41, 5.74) is 5.56. The van der Waals surface area contributed by atoms with Crippen LogP contribution >= 0.6 is 0 Å². The van der Waals surface area contributed by atoms with E-state index in [2.05, 4.69) is 5.32 Å². The van der Waals surface area contributed by atoms with E-state index >= 15 is 0 Å². The van der Waals surface area contributed by atoms with E-state index in [0.717, 1.165) is 12.8 Å². The van der Waals surface area contributed by atoms with Crippen LogP contribution in [0, 0.1) is 0 Å². The average molecular weight is 248 g/mol. The topological polar surface area (TPSA) is 72.2 Å². The molecule has 0 fully saturated rings. The number of rotatable bonds is 8.